The minimum Gasteiger partial charge on any atom is -0.369 e. The van der Waals surface area contributed by atoms with E-state index in [-0.39, 0.29) is 5.69 Å². The van der Waals surface area contributed by atoms with Gasteiger partial charge in [0.25, 0.3) is 5.69 Å². The summed E-state index contributed by atoms with van der Waals surface area (Å²) in [4.78, 5) is 15.2. The predicted octanol–water partition coefficient (Wildman–Crippen LogP) is 2.53. The lowest BCUT2D eigenvalue weighted by Gasteiger charge is -2.39. The number of hydrogen-bond acceptors (Lipinski definition) is 5. The molecule has 2 saturated heterocycles. The van der Waals surface area contributed by atoms with Crippen LogP contribution in [0.15, 0.2) is 18.2 Å². The number of anilines is 1. The van der Waals surface area contributed by atoms with E-state index in [0.717, 1.165) is 25.2 Å². The summed E-state index contributed by atoms with van der Waals surface area (Å²) < 4.78 is 0. The van der Waals surface area contributed by atoms with Crippen LogP contribution >= 0.6 is 0 Å². The van der Waals surface area contributed by atoms with Crippen LogP contribution in [-0.2, 0) is 0 Å². The quantitative estimate of drug-likeness (QED) is 0.633. The molecule has 0 amide bonds. The van der Waals surface area contributed by atoms with E-state index in [1.165, 1.54) is 44.5 Å². The van der Waals surface area contributed by atoms with Crippen LogP contribution in [-0.4, -0.2) is 42.0 Å². The van der Waals surface area contributed by atoms with Crippen LogP contribution < -0.4 is 4.90 Å². The number of piperidine rings is 1. The third-order valence-electron chi connectivity index (χ3n) is 4.71. The number of benzene rings is 1. The van der Waals surface area contributed by atoms with Crippen molar-refractivity contribution >= 4 is 11.4 Å². The Hall–Kier alpha value is -2.13. The lowest BCUT2D eigenvalue weighted by Crippen LogP contribution is -2.47. The first kappa shape index (κ1) is 14.8. The Morgan fingerprint density at radius 1 is 1.23 bits per heavy atom. The summed E-state index contributed by atoms with van der Waals surface area (Å²) in [5.41, 5.74) is 1.21. The third-order valence-corrected chi connectivity index (χ3v) is 4.71. The fourth-order valence-corrected chi connectivity index (χ4v) is 3.58. The number of nitro benzene ring substituents is 1. The van der Waals surface area contributed by atoms with Crippen molar-refractivity contribution in [1.82, 2.24) is 4.90 Å². The molecule has 0 unspecified atom stereocenters. The van der Waals surface area contributed by atoms with Crippen LogP contribution in [0.2, 0.25) is 0 Å². The highest BCUT2D eigenvalue weighted by Gasteiger charge is 2.28. The van der Waals surface area contributed by atoms with Crippen LogP contribution in [0.3, 0.4) is 0 Å². The average Bonchev–Trinajstić information content (AvgIpc) is 3.09. The van der Waals surface area contributed by atoms with Crippen LogP contribution in [0, 0.1) is 21.4 Å². The molecule has 22 heavy (non-hydrogen) atoms. The molecule has 0 radical (unpaired) electrons. The third kappa shape index (κ3) is 2.90. The normalized spacial score (nSPS) is 22.5. The SMILES string of the molecule is N#Cc1cc([N+](=O)[O-])ccc1N1CCC[C@H](N2CCCC2)C1. The molecule has 0 N–H and O–H groups in total. The molecule has 3 rings (SSSR count). The summed E-state index contributed by atoms with van der Waals surface area (Å²) in [6.45, 7) is 4.16. The van der Waals surface area contributed by atoms with Gasteiger partial charge < -0.3 is 4.90 Å². The highest BCUT2D eigenvalue weighted by atomic mass is 16.6. The highest BCUT2D eigenvalue weighted by Crippen LogP contribution is 2.29. The van der Waals surface area contributed by atoms with Gasteiger partial charge in [0.15, 0.2) is 0 Å². The molecule has 1 aromatic carbocycles. The predicted molar refractivity (Wildman–Crippen MR) is 83.9 cm³/mol. The first-order valence-corrected chi connectivity index (χ1v) is 7.86. The second-order valence-corrected chi connectivity index (χ2v) is 6.06. The average molecular weight is 300 g/mol. The largest absolute Gasteiger partial charge is 0.369 e. The second kappa shape index (κ2) is 6.32. The molecule has 2 heterocycles. The summed E-state index contributed by atoms with van der Waals surface area (Å²) >= 11 is 0. The summed E-state index contributed by atoms with van der Waals surface area (Å²) in [7, 11) is 0. The van der Waals surface area contributed by atoms with Crippen molar-refractivity contribution in [1.29, 1.82) is 5.26 Å². The number of rotatable bonds is 3. The van der Waals surface area contributed by atoms with E-state index in [2.05, 4.69) is 15.9 Å². The zero-order chi connectivity index (χ0) is 15.5. The summed E-state index contributed by atoms with van der Waals surface area (Å²) in [6.07, 6.45) is 4.85. The molecular formula is C16H20N4O2. The van der Waals surface area contributed by atoms with Gasteiger partial charge in [0.2, 0.25) is 0 Å². The van der Waals surface area contributed by atoms with E-state index < -0.39 is 4.92 Å². The van der Waals surface area contributed by atoms with E-state index in [1.54, 1.807) is 6.07 Å². The number of hydrogen-bond donors (Lipinski definition) is 0. The Morgan fingerprint density at radius 2 is 2.00 bits per heavy atom. The molecule has 6 heteroatoms. The van der Waals surface area contributed by atoms with Gasteiger partial charge in [-0.1, -0.05) is 0 Å². The monoisotopic (exact) mass is 300 g/mol. The van der Waals surface area contributed by atoms with Crippen molar-refractivity contribution in [3.05, 3.63) is 33.9 Å². The first-order valence-electron chi connectivity index (χ1n) is 7.86. The van der Waals surface area contributed by atoms with Crippen molar-refractivity contribution in [2.45, 2.75) is 31.7 Å². The topological polar surface area (TPSA) is 73.4 Å². The molecule has 0 aliphatic carbocycles. The number of nitrogens with zero attached hydrogens (tertiary/aromatic N) is 4. The van der Waals surface area contributed by atoms with Crippen molar-refractivity contribution in [3.63, 3.8) is 0 Å². The summed E-state index contributed by atoms with van der Waals surface area (Å²) in [6, 6.07) is 7.26. The van der Waals surface area contributed by atoms with Gasteiger partial charge in [-0.2, -0.15) is 5.26 Å². The van der Waals surface area contributed by atoms with Gasteiger partial charge in [0, 0.05) is 31.3 Å². The van der Waals surface area contributed by atoms with E-state index in [1.807, 2.05) is 0 Å². The molecule has 2 aliphatic rings. The van der Waals surface area contributed by atoms with Crippen LogP contribution in [0.25, 0.3) is 0 Å². The van der Waals surface area contributed by atoms with E-state index in [0.29, 0.717) is 11.6 Å². The van der Waals surface area contributed by atoms with Crippen molar-refractivity contribution < 1.29 is 4.92 Å². The van der Waals surface area contributed by atoms with Crippen LogP contribution in [0.5, 0.6) is 0 Å². The molecule has 2 fully saturated rings. The van der Waals surface area contributed by atoms with E-state index >= 15 is 0 Å². The zero-order valence-corrected chi connectivity index (χ0v) is 12.6. The van der Waals surface area contributed by atoms with Crippen LogP contribution in [0.1, 0.15) is 31.2 Å². The lowest BCUT2D eigenvalue weighted by molar-refractivity contribution is -0.384. The van der Waals surface area contributed by atoms with Gasteiger partial charge in [0.05, 0.1) is 16.2 Å². The molecular weight excluding hydrogens is 280 g/mol. The minimum atomic E-state index is -0.451. The van der Waals surface area contributed by atoms with Gasteiger partial charge in [-0.05, 0) is 44.8 Å². The molecule has 0 spiro atoms. The molecule has 2 aliphatic heterocycles. The Bertz CT molecular complexity index is 605. The fraction of sp³-hybridized carbons (Fsp3) is 0.562. The summed E-state index contributed by atoms with van der Waals surface area (Å²) in [5, 5.41) is 20.2. The first-order chi connectivity index (χ1) is 10.7. The van der Waals surface area contributed by atoms with Crippen LogP contribution in [0.4, 0.5) is 11.4 Å². The molecule has 1 aromatic rings. The lowest BCUT2D eigenvalue weighted by atomic mass is 10.0. The van der Waals surface area contributed by atoms with Crippen molar-refractivity contribution in [2.24, 2.45) is 0 Å². The maximum absolute atomic E-state index is 10.9. The van der Waals surface area contributed by atoms with Gasteiger partial charge in [0.1, 0.15) is 6.07 Å². The highest BCUT2D eigenvalue weighted by molar-refractivity contribution is 5.63. The molecule has 1 atom stereocenters. The standard InChI is InChI=1S/C16H20N4O2/c17-11-13-10-14(20(21)22)5-6-16(13)19-9-3-4-15(12-19)18-7-1-2-8-18/h5-6,10,15H,1-4,7-9,12H2/t15-/m0/s1. The van der Waals surface area contributed by atoms with Gasteiger partial charge in [-0.25, -0.2) is 0 Å². The Balaban J connectivity index is 1.80. The Kier molecular flexibility index (Phi) is 4.25. The number of likely N-dealkylation sites (tertiary alicyclic amines) is 1. The van der Waals surface area contributed by atoms with E-state index in [9.17, 15) is 15.4 Å². The van der Waals surface area contributed by atoms with Gasteiger partial charge in [-0.15, -0.1) is 0 Å². The maximum Gasteiger partial charge on any atom is 0.270 e. The van der Waals surface area contributed by atoms with Gasteiger partial charge >= 0.3 is 0 Å². The number of non-ortho nitro benzene ring substituents is 1. The van der Waals surface area contributed by atoms with Gasteiger partial charge in [-0.3, -0.25) is 15.0 Å². The molecule has 0 aromatic heterocycles. The summed E-state index contributed by atoms with van der Waals surface area (Å²) in [5.74, 6) is 0. The Labute approximate surface area is 130 Å². The minimum absolute atomic E-state index is 0.0200. The fourth-order valence-electron chi connectivity index (χ4n) is 3.58. The number of nitriles is 1. The molecule has 6 nitrogen and oxygen atoms in total. The molecule has 0 saturated carbocycles. The second-order valence-electron chi connectivity index (χ2n) is 6.06. The smallest absolute Gasteiger partial charge is 0.270 e. The maximum atomic E-state index is 10.9. The molecule has 0 bridgehead atoms. The van der Waals surface area contributed by atoms with Crippen molar-refractivity contribution in [2.75, 3.05) is 31.1 Å². The van der Waals surface area contributed by atoms with Crippen molar-refractivity contribution in [3.8, 4) is 6.07 Å². The zero-order valence-electron chi connectivity index (χ0n) is 12.6. The number of nitro groups is 1. The van der Waals surface area contributed by atoms with E-state index in [4.69, 9.17) is 0 Å². The Morgan fingerprint density at radius 3 is 2.68 bits per heavy atom. The molecule has 116 valence electrons.